The van der Waals surface area contributed by atoms with Gasteiger partial charge in [0.2, 0.25) is 0 Å². The van der Waals surface area contributed by atoms with Gasteiger partial charge in [0.15, 0.2) is 0 Å². The molecule has 0 N–H and O–H groups in total. The third kappa shape index (κ3) is 43.3. The minimum absolute atomic E-state index is 0. The van der Waals surface area contributed by atoms with E-state index in [1.54, 1.807) is 0 Å². The Bertz CT molecular complexity index is 6.85. The fraction of sp³-hybridized carbons (Fsp3) is 0. The van der Waals surface area contributed by atoms with Crippen LogP contribution in [0.4, 0.5) is 0 Å². The molecule has 0 aromatic heterocycles. The van der Waals surface area contributed by atoms with Gasteiger partial charge in [0.25, 0.3) is 0 Å². The average Bonchev–Trinajstić information content (AvgIpc) is 0. The Labute approximate surface area is 53.6 Å². The molecule has 5 heteroatoms. The number of hydrogen-bond acceptors (Lipinski definition) is 0. The second-order valence-corrected chi connectivity index (χ2v) is 0. The van der Waals surface area contributed by atoms with Gasteiger partial charge in [0.1, 0.15) is 0 Å². The molecule has 0 amide bonds. The summed E-state index contributed by atoms with van der Waals surface area (Å²) in [5, 5.41) is 0. The van der Waals surface area contributed by atoms with Gasteiger partial charge in [-0.1, -0.05) is 0 Å². The second-order valence-electron chi connectivity index (χ2n) is 0. The molecule has 3 nitrogen and oxygen atoms in total. The van der Waals surface area contributed by atoms with Crippen molar-refractivity contribution in [3.8, 4) is 0 Å². The van der Waals surface area contributed by atoms with Crippen LogP contribution >= 0.6 is 0 Å². The zero-order valence-corrected chi connectivity index (χ0v) is 5.68. The van der Waals surface area contributed by atoms with Crippen LogP contribution in [0.5, 0.6) is 0 Å². The van der Waals surface area contributed by atoms with Gasteiger partial charge in [-0.3, -0.25) is 0 Å². The topological polar surface area (TPSA) is 85.5 Å². The fourth-order valence-corrected chi connectivity index (χ4v) is 0. The molecule has 0 saturated carbocycles. The number of rotatable bonds is 0. The maximum Gasteiger partial charge on any atom is 3.00 e. The van der Waals surface area contributed by atoms with E-state index in [2.05, 4.69) is 0 Å². The van der Waals surface area contributed by atoms with E-state index in [9.17, 15) is 0 Å². The maximum atomic E-state index is 0. The van der Waals surface area contributed by atoms with E-state index in [0.29, 0.717) is 0 Å². The molecular weight excluding hydrogens is 174 g/mol. The van der Waals surface area contributed by atoms with E-state index in [1.807, 2.05) is 0 Å². The summed E-state index contributed by atoms with van der Waals surface area (Å²) in [6.07, 6.45) is 0. The maximum absolute atomic E-state index is 0. The van der Waals surface area contributed by atoms with Gasteiger partial charge in [-0.05, 0) is 0 Å². The van der Waals surface area contributed by atoms with Gasteiger partial charge >= 0.3 is 36.9 Å². The summed E-state index contributed by atoms with van der Waals surface area (Å²) in [5.41, 5.74) is 0. The quantitative estimate of drug-likeness (QED) is 0.432. The number of hydrogen-bond donors (Lipinski definition) is 0. The van der Waals surface area contributed by atoms with Crippen LogP contribution in [0.25, 0.3) is 0 Å². The largest absolute Gasteiger partial charge is 3.00 e. The molecule has 0 aromatic rings. The van der Waals surface area contributed by atoms with Crippen molar-refractivity contribution in [1.29, 1.82) is 0 Å². The molecule has 0 spiro atoms. The first kappa shape index (κ1) is 143. The van der Waals surface area contributed by atoms with Crippen molar-refractivity contribution in [3.05, 3.63) is 0 Å². The van der Waals surface area contributed by atoms with Crippen LogP contribution in [-0.2, 0) is 33.5 Å². The van der Waals surface area contributed by atoms with Crippen LogP contribution in [0.1, 0.15) is 0 Å². The smallest absolute Gasteiger partial charge is 2.00 e. The Morgan fingerprint density at radius 1 is 0.600 bits per heavy atom. The average molecular weight is 174 g/mol. The van der Waals surface area contributed by atoms with Crippen LogP contribution in [0.15, 0.2) is 0 Å². The van der Waals surface area contributed by atoms with Crippen LogP contribution in [-0.4, -0.2) is 19.8 Å². The summed E-state index contributed by atoms with van der Waals surface area (Å²) in [6.45, 7) is 0. The van der Waals surface area contributed by atoms with Crippen molar-refractivity contribution >= 4 is 19.8 Å². The minimum atomic E-state index is 0. The Hall–Kier alpha value is 1.04. The predicted molar refractivity (Wildman–Crippen MR) is 7.81 cm³/mol. The molecule has 29 valence electrons. The molecule has 0 saturated heterocycles. The van der Waals surface area contributed by atoms with Crippen molar-refractivity contribution in [1.82, 2.24) is 0 Å². The molecule has 0 fully saturated rings. The van der Waals surface area contributed by atoms with Gasteiger partial charge in [0.05, 0.1) is 0 Å². The Morgan fingerprint density at radius 2 is 0.600 bits per heavy atom. The first-order valence-corrected chi connectivity index (χ1v) is 0. The van der Waals surface area contributed by atoms with Crippen molar-refractivity contribution in [2.45, 2.75) is 0 Å². The normalized spacial score (nSPS) is 0. The Balaban J connectivity index is 0. The summed E-state index contributed by atoms with van der Waals surface area (Å²) in [5.74, 6) is 0. The Kier molecular flexibility index (Phi) is 2180. The zero-order chi connectivity index (χ0) is 0. The molecule has 0 rings (SSSR count). The summed E-state index contributed by atoms with van der Waals surface area (Å²) in [6, 6.07) is 0. The molecular formula is FeGaO3. The van der Waals surface area contributed by atoms with Gasteiger partial charge < -0.3 is 16.4 Å². The van der Waals surface area contributed by atoms with Crippen molar-refractivity contribution < 1.29 is 33.5 Å². The third-order valence-electron chi connectivity index (χ3n) is 0. The summed E-state index contributed by atoms with van der Waals surface area (Å²) in [7, 11) is 0. The van der Waals surface area contributed by atoms with Gasteiger partial charge in [0, 0.05) is 0 Å². The van der Waals surface area contributed by atoms with E-state index in [0.717, 1.165) is 0 Å². The minimum Gasteiger partial charge on any atom is -2.00 e. The zero-order valence-electron chi connectivity index (χ0n) is 2.16. The first-order valence-electron chi connectivity index (χ1n) is 0. The second kappa shape index (κ2) is 76.4. The van der Waals surface area contributed by atoms with Crippen molar-refractivity contribution in [2.75, 3.05) is 0 Å². The van der Waals surface area contributed by atoms with Crippen molar-refractivity contribution in [3.63, 3.8) is 0 Å². The van der Waals surface area contributed by atoms with Gasteiger partial charge in [-0.15, -0.1) is 0 Å². The van der Waals surface area contributed by atoms with E-state index in [-0.39, 0.29) is 53.3 Å². The summed E-state index contributed by atoms with van der Waals surface area (Å²) in [4.78, 5) is 0. The molecule has 0 bridgehead atoms. The van der Waals surface area contributed by atoms with E-state index >= 15 is 0 Å². The molecule has 5 heavy (non-hydrogen) atoms. The molecule has 0 aliphatic rings. The predicted octanol–water partition coefficient (Wildman–Crippen LogP) is -0.740. The Morgan fingerprint density at radius 3 is 0.600 bits per heavy atom. The van der Waals surface area contributed by atoms with E-state index in [1.165, 1.54) is 0 Å². The van der Waals surface area contributed by atoms with Gasteiger partial charge in [-0.25, -0.2) is 0 Å². The van der Waals surface area contributed by atoms with Gasteiger partial charge in [-0.2, -0.15) is 0 Å². The SMILES string of the molecule is [Fe+3].[Ga+3].[O-2].[O-2].[O-2]. The summed E-state index contributed by atoms with van der Waals surface area (Å²) < 4.78 is 0. The monoisotopic (exact) mass is 173 g/mol. The van der Waals surface area contributed by atoms with Crippen LogP contribution in [0, 0.1) is 0 Å². The molecule has 0 aliphatic carbocycles. The standard InChI is InChI=1S/Fe.Ga.3O/q2*+3;3*-2. The summed E-state index contributed by atoms with van der Waals surface area (Å²) >= 11 is 0. The molecule has 0 unspecified atom stereocenters. The van der Waals surface area contributed by atoms with Crippen molar-refractivity contribution in [2.24, 2.45) is 0 Å². The molecule has 0 atom stereocenters. The van der Waals surface area contributed by atoms with Crippen LogP contribution in [0.3, 0.4) is 0 Å². The van der Waals surface area contributed by atoms with E-state index < -0.39 is 0 Å². The third-order valence-corrected chi connectivity index (χ3v) is 0. The van der Waals surface area contributed by atoms with Crippen LogP contribution in [0.2, 0.25) is 0 Å². The fourth-order valence-electron chi connectivity index (χ4n) is 0. The molecule has 0 heterocycles. The molecule has 0 aromatic carbocycles. The van der Waals surface area contributed by atoms with Crippen LogP contribution < -0.4 is 0 Å². The van der Waals surface area contributed by atoms with E-state index in [4.69, 9.17) is 0 Å². The molecule has 0 aliphatic heterocycles. The first-order chi connectivity index (χ1) is 0. The molecule has 1 radical (unpaired) electrons.